The van der Waals surface area contributed by atoms with Gasteiger partial charge in [0.2, 0.25) is 5.91 Å². The van der Waals surface area contributed by atoms with E-state index in [0.717, 1.165) is 37.4 Å². The minimum Gasteiger partial charge on any atom is -0.481 e. The third-order valence-electron chi connectivity index (χ3n) is 5.11. The second kappa shape index (κ2) is 8.39. The zero-order valence-electron chi connectivity index (χ0n) is 15.5. The highest BCUT2D eigenvalue weighted by Crippen LogP contribution is 2.25. The number of benzene rings is 1. The summed E-state index contributed by atoms with van der Waals surface area (Å²) < 4.78 is 0. The summed E-state index contributed by atoms with van der Waals surface area (Å²) in [7, 11) is 0. The molecule has 0 saturated carbocycles. The zero-order valence-corrected chi connectivity index (χ0v) is 15.5. The van der Waals surface area contributed by atoms with Crippen LogP contribution in [0.1, 0.15) is 22.8 Å². The number of fused-ring (bicyclic) bond motifs is 1. The molecule has 1 saturated heterocycles. The lowest BCUT2D eigenvalue weighted by atomic mass is 9.97. The zero-order chi connectivity index (χ0) is 19.4. The fraction of sp³-hybridized carbons (Fsp3) is 0.526. The van der Waals surface area contributed by atoms with Gasteiger partial charge in [-0.3, -0.25) is 14.4 Å². The Bertz CT molecular complexity index is 730. The number of carboxylic acids is 1. The van der Waals surface area contributed by atoms with E-state index in [2.05, 4.69) is 21.6 Å². The Hall–Kier alpha value is -2.61. The number of rotatable bonds is 6. The summed E-state index contributed by atoms with van der Waals surface area (Å²) in [6.07, 6.45) is 0.710. The van der Waals surface area contributed by atoms with Gasteiger partial charge in [0.1, 0.15) is 0 Å². The quantitative estimate of drug-likeness (QED) is 0.644. The summed E-state index contributed by atoms with van der Waals surface area (Å²) in [5, 5.41) is 14.8. The highest BCUT2D eigenvalue weighted by molar-refractivity contribution is 5.99. The summed E-state index contributed by atoms with van der Waals surface area (Å²) >= 11 is 0. The Morgan fingerprint density at radius 1 is 1.26 bits per heavy atom. The van der Waals surface area contributed by atoms with E-state index in [4.69, 9.17) is 5.11 Å². The van der Waals surface area contributed by atoms with Crippen molar-refractivity contribution in [3.05, 3.63) is 29.3 Å². The predicted octanol–water partition coefficient (Wildman–Crippen LogP) is -0.0686. The normalized spacial score (nSPS) is 18.0. The number of carbonyl (C=O) groups excluding carboxylic acids is 2. The summed E-state index contributed by atoms with van der Waals surface area (Å²) in [4.78, 5) is 39.6. The molecule has 0 aliphatic carbocycles. The van der Waals surface area contributed by atoms with Crippen molar-refractivity contribution in [2.75, 3.05) is 50.7 Å². The molecule has 1 atom stereocenters. The largest absolute Gasteiger partial charge is 0.481 e. The number of hydrogen-bond acceptors (Lipinski definition) is 5. The van der Waals surface area contributed by atoms with Crippen LogP contribution in [0, 0.1) is 5.92 Å². The Balaban J connectivity index is 1.64. The van der Waals surface area contributed by atoms with Crippen LogP contribution in [0.15, 0.2) is 18.2 Å². The van der Waals surface area contributed by atoms with Gasteiger partial charge in [-0.2, -0.15) is 0 Å². The summed E-state index contributed by atoms with van der Waals surface area (Å²) in [5.41, 5.74) is 2.70. The lowest BCUT2D eigenvalue weighted by Gasteiger charge is -2.32. The van der Waals surface area contributed by atoms with E-state index in [1.54, 1.807) is 0 Å². The molecule has 27 heavy (non-hydrogen) atoms. The first-order valence-electron chi connectivity index (χ1n) is 9.33. The topological polar surface area (TPSA) is 102 Å². The molecule has 2 aliphatic heterocycles. The van der Waals surface area contributed by atoms with Crippen molar-refractivity contribution >= 4 is 23.5 Å². The van der Waals surface area contributed by atoms with Gasteiger partial charge in [0.05, 0.1) is 12.5 Å². The number of piperazine rings is 1. The summed E-state index contributed by atoms with van der Waals surface area (Å²) in [6.45, 7) is 5.67. The first-order chi connectivity index (χ1) is 13.0. The van der Waals surface area contributed by atoms with Crippen molar-refractivity contribution in [1.82, 2.24) is 15.5 Å². The van der Waals surface area contributed by atoms with Crippen LogP contribution in [0.25, 0.3) is 0 Å². The molecule has 1 aromatic carbocycles. The van der Waals surface area contributed by atoms with Gasteiger partial charge < -0.3 is 25.5 Å². The molecule has 0 radical (unpaired) electrons. The lowest BCUT2D eigenvalue weighted by Crippen LogP contribution is -2.46. The Labute approximate surface area is 158 Å². The van der Waals surface area contributed by atoms with Crippen LogP contribution >= 0.6 is 0 Å². The summed E-state index contributed by atoms with van der Waals surface area (Å²) in [5.74, 6) is -2.10. The maximum absolute atomic E-state index is 12.9. The van der Waals surface area contributed by atoms with E-state index in [-0.39, 0.29) is 24.9 Å². The molecule has 146 valence electrons. The van der Waals surface area contributed by atoms with Gasteiger partial charge in [0, 0.05) is 50.5 Å². The number of amides is 2. The maximum atomic E-state index is 12.9. The predicted molar refractivity (Wildman–Crippen MR) is 101 cm³/mol. The van der Waals surface area contributed by atoms with Crippen LogP contribution in [-0.2, 0) is 16.0 Å². The lowest BCUT2D eigenvalue weighted by molar-refractivity contribution is -0.141. The molecule has 3 N–H and O–H groups in total. The molecule has 2 amide bonds. The number of carboxylic acid groups (broad SMARTS) is 1. The van der Waals surface area contributed by atoms with Crippen LogP contribution in [-0.4, -0.2) is 73.6 Å². The molecule has 1 aromatic rings. The van der Waals surface area contributed by atoms with Gasteiger partial charge in [-0.05, 0) is 24.1 Å². The highest BCUT2D eigenvalue weighted by Gasteiger charge is 2.27. The second-order valence-electron chi connectivity index (χ2n) is 7.10. The van der Waals surface area contributed by atoms with Crippen LogP contribution in [0.2, 0.25) is 0 Å². The maximum Gasteiger partial charge on any atom is 0.308 e. The fourth-order valence-electron chi connectivity index (χ4n) is 3.36. The Morgan fingerprint density at radius 2 is 2.00 bits per heavy atom. The first kappa shape index (κ1) is 19.2. The molecule has 0 unspecified atom stereocenters. The molecule has 2 heterocycles. The molecular formula is C19H26N4O4. The number of anilines is 1. The van der Waals surface area contributed by atoms with Crippen LogP contribution in [0.3, 0.4) is 0 Å². The fourth-order valence-corrected chi connectivity index (χ4v) is 3.36. The monoisotopic (exact) mass is 374 g/mol. The molecule has 8 nitrogen and oxygen atoms in total. The first-order valence-corrected chi connectivity index (χ1v) is 9.33. The number of aliphatic carboxylic acids is 1. The summed E-state index contributed by atoms with van der Waals surface area (Å²) in [6, 6.07) is 6.00. The van der Waals surface area contributed by atoms with E-state index < -0.39 is 11.9 Å². The van der Waals surface area contributed by atoms with Gasteiger partial charge in [0.25, 0.3) is 5.91 Å². The third-order valence-corrected chi connectivity index (χ3v) is 5.11. The second-order valence-corrected chi connectivity index (χ2v) is 7.10. The standard InChI is InChI=1S/C19H26N4O4/c1-13(19(26)27)11-21-17(24)12-23-7-4-14-2-3-15(10-16(14)18(23)25)22-8-5-20-6-9-22/h2-3,10,13,20H,4-9,11-12H2,1H3,(H,21,24)(H,26,27)/t13-/m1/s1. The average molecular weight is 374 g/mol. The highest BCUT2D eigenvalue weighted by atomic mass is 16.4. The number of nitrogens with zero attached hydrogens (tertiary/aromatic N) is 2. The SMILES string of the molecule is C[C@H](CNC(=O)CN1CCc2ccc(N3CCNCC3)cc2C1=O)C(=O)O. The van der Waals surface area contributed by atoms with E-state index in [1.807, 2.05) is 12.1 Å². The van der Waals surface area contributed by atoms with Crippen LogP contribution in [0.4, 0.5) is 5.69 Å². The minimum absolute atomic E-state index is 0.0531. The van der Waals surface area contributed by atoms with Gasteiger partial charge in [0.15, 0.2) is 0 Å². The molecule has 8 heteroatoms. The third kappa shape index (κ3) is 4.57. The molecule has 0 bridgehead atoms. The van der Waals surface area contributed by atoms with E-state index in [0.29, 0.717) is 18.5 Å². The van der Waals surface area contributed by atoms with Gasteiger partial charge in [-0.25, -0.2) is 0 Å². The molecule has 1 fully saturated rings. The minimum atomic E-state index is -0.960. The van der Waals surface area contributed by atoms with Crippen molar-refractivity contribution < 1.29 is 19.5 Å². The van der Waals surface area contributed by atoms with Crippen molar-refractivity contribution in [1.29, 1.82) is 0 Å². The molecule has 2 aliphatic rings. The number of carbonyl (C=O) groups is 3. The van der Waals surface area contributed by atoms with Crippen molar-refractivity contribution in [2.45, 2.75) is 13.3 Å². The van der Waals surface area contributed by atoms with E-state index in [9.17, 15) is 14.4 Å². The molecule has 3 rings (SSSR count). The Morgan fingerprint density at radius 3 is 2.70 bits per heavy atom. The average Bonchev–Trinajstić information content (AvgIpc) is 2.68. The van der Waals surface area contributed by atoms with E-state index >= 15 is 0 Å². The van der Waals surface area contributed by atoms with Gasteiger partial charge in [-0.1, -0.05) is 13.0 Å². The smallest absolute Gasteiger partial charge is 0.308 e. The van der Waals surface area contributed by atoms with Crippen molar-refractivity contribution in [3.63, 3.8) is 0 Å². The van der Waals surface area contributed by atoms with Crippen LogP contribution < -0.4 is 15.5 Å². The molecular weight excluding hydrogens is 348 g/mol. The van der Waals surface area contributed by atoms with Crippen LogP contribution in [0.5, 0.6) is 0 Å². The number of hydrogen-bond donors (Lipinski definition) is 3. The Kier molecular flexibility index (Phi) is 5.95. The molecule has 0 aromatic heterocycles. The van der Waals surface area contributed by atoms with E-state index in [1.165, 1.54) is 11.8 Å². The van der Waals surface area contributed by atoms with Crippen molar-refractivity contribution in [3.8, 4) is 0 Å². The van der Waals surface area contributed by atoms with Crippen molar-refractivity contribution in [2.24, 2.45) is 5.92 Å². The molecule has 0 spiro atoms. The van der Waals surface area contributed by atoms with Gasteiger partial charge in [-0.15, -0.1) is 0 Å². The number of nitrogens with one attached hydrogen (secondary N) is 2. The van der Waals surface area contributed by atoms with Gasteiger partial charge >= 0.3 is 5.97 Å².